The minimum absolute atomic E-state index is 0.00664. The Morgan fingerprint density at radius 3 is 2.17 bits per heavy atom. The summed E-state index contributed by atoms with van der Waals surface area (Å²) in [5.74, 6) is -6.73. The number of hydrogen-bond donors (Lipinski definition) is 2. The Balaban J connectivity index is 1.42. The zero-order chi connectivity index (χ0) is 29.6. The minimum Gasteiger partial charge on any atom is -0.392 e. The van der Waals surface area contributed by atoms with E-state index < -0.39 is 47.2 Å². The van der Waals surface area contributed by atoms with E-state index in [4.69, 9.17) is 9.47 Å². The predicted octanol–water partition coefficient (Wildman–Crippen LogP) is 7.29. The molecule has 4 fully saturated rings. The average molecular weight is 585 g/mol. The molecular formula is C32H41F5O4. The van der Waals surface area contributed by atoms with Gasteiger partial charge in [-0.3, -0.25) is 0 Å². The fourth-order valence-electron chi connectivity index (χ4n) is 9.14. The molecule has 228 valence electrons. The summed E-state index contributed by atoms with van der Waals surface area (Å²) in [6.45, 7) is 6.76. The smallest absolute Gasteiger partial charge is 0.392 e. The molecule has 0 aromatic heterocycles. The molecule has 5 aliphatic rings. The lowest BCUT2D eigenvalue weighted by atomic mass is 9.49. The highest BCUT2D eigenvalue weighted by molar-refractivity contribution is 5.42. The molecular weight excluding hydrogens is 543 g/mol. The molecule has 4 nitrogen and oxygen atoms in total. The Bertz CT molecular complexity index is 1200. The molecule has 1 saturated heterocycles. The van der Waals surface area contributed by atoms with Crippen molar-refractivity contribution in [1.82, 2.24) is 0 Å². The summed E-state index contributed by atoms with van der Waals surface area (Å²) in [6, 6.07) is 7.25. The van der Waals surface area contributed by atoms with Crippen molar-refractivity contribution in [2.24, 2.45) is 28.6 Å². The molecule has 6 rings (SSSR count). The molecule has 4 aliphatic carbocycles. The molecule has 9 heteroatoms. The van der Waals surface area contributed by atoms with Crippen molar-refractivity contribution in [2.75, 3.05) is 13.2 Å². The van der Waals surface area contributed by atoms with Gasteiger partial charge in [-0.2, -0.15) is 22.0 Å². The summed E-state index contributed by atoms with van der Waals surface area (Å²) in [4.78, 5) is 0. The van der Waals surface area contributed by atoms with Gasteiger partial charge in [-0.15, -0.1) is 0 Å². The van der Waals surface area contributed by atoms with Crippen molar-refractivity contribution in [1.29, 1.82) is 0 Å². The Morgan fingerprint density at radius 1 is 0.902 bits per heavy atom. The molecule has 0 bridgehead atoms. The first kappa shape index (κ1) is 29.5. The first-order chi connectivity index (χ1) is 19.1. The lowest BCUT2D eigenvalue weighted by Gasteiger charge is -2.57. The van der Waals surface area contributed by atoms with Gasteiger partial charge in [0.25, 0.3) is 0 Å². The van der Waals surface area contributed by atoms with E-state index in [0.717, 1.165) is 18.4 Å². The van der Waals surface area contributed by atoms with Gasteiger partial charge in [0, 0.05) is 29.6 Å². The third-order valence-electron chi connectivity index (χ3n) is 11.4. The van der Waals surface area contributed by atoms with Crippen molar-refractivity contribution in [3.05, 3.63) is 46.5 Å². The molecule has 1 spiro atoms. The molecule has 3 saturated carbocycles. The number of hydrogen-bond acceptors (Lipinski definition) is 4. The summed E-state index contributed by atoms with van der Waals surface area (Å²) in [6.07, 6.45) is -2.71. The van der Waals surface area contributed by atoms with E-state index >= 15 is 8.78 Å². The molecule has 1 heterocycles. The van der Waals surface area contributed by atoms with Crippen LogP contribution in [0.15, 0.2) is 35.4 Å². The van der Waals surface area contributed by atoms with Crippen LogP contribution >= 0.6 is 0 Å². The van der Waals surface area contributed by atoms with E-state index in [1.807, 2.05) is 12.1 Å². The van der Waals surface area contributed by atoms with Crippen molar-refractivity contribution < 1.29 is 41.6 Å². The molecule has 1 aliphatic heterocycles. The second-order valence-corrected chi connectivity index (χ2v) is 14.4. The second-order valence-electron chi connectivity index (χ2n) is 14.4. The first-order valence-corrected chi connectivity index (χ1v) is 14.9. The highest BCUT2D eigenvalue weighted by Crippen LogP contribution is 2.71. The molecule has 41 heavy (non-hydrogen) atoms. The zero-order valence-corrected chi connectivity index (χ0v) is 24.0. The number of halogens is 5. The maximum Gasteiger partial charge on any atom is 0.456 e. The lowest BCUT2D eigenvalue weighted by molar-refractivity contribution is -0.362. The number of fused-ring (bicyclic) bond motifs is 4. The van der Waals surface area contributed by atoms with Crippen LogP contribution < -0.4 is 0 Å². The van der Waals surface area contributed by atoms with Gasteiger partial charge in [-0.1, -0.05) is 56.2 Å². The van der Waals surface area contributed by atoms with E-state index in [1.54, 1.807) is 12.1 Å². The van der Waals surface area contributed by atoms with Gasteiger partial charge in [0.15, 0.2) is 5.79 Å². The van der Waals surface area contributed by atoms with Crippen LogP contribution in [0.5, 0.6) is 0 Å². The summed E-state index contributed by atoms with van der Waals surface area (Å²) in [7, 11) is 0. The number of allylic oxidation sites excluding steroid dienone is 2. The largest absolute Gasteiger partial charge is 0.456 e. The van der Waals surface area contributed by atoms with E-state index in [1.165, 1.54) is 18.1 Å². The number of aliphatic hydroxyl groups excluding tert-OH is 1. The summed E-state index contributed by atoms with van der Waals surface area (Å²) >= 11 is 0. The van der Waals surface area contributed by atoms with E-state index in [9.17, 15) is 23.4 Å². The Hall–Kier alpha value is -1.55. The molecule has 6 atom stereocenters. The van der Waals surface area contributed by atoms with Crippen molar-refractivity contribution in [2.45, 2.75) is 108 Å². The molecule has 3 unspecified atom stereocenters. The van der Waals surface area contributed by atoms with Crippen LogP contribution in [0.4, 0.5) is 22.0 Å². The quantitative estimate of drug-likeness (QED) is 0.290. The van der Waals surface area contributed by atoms with Crippen LogP contribution in [0, 0.1) is 28.6 Å². The van der Waals surface area contributed by atoms with Crippen LogP contribution in [-0.2, 0) is 16.1 Å². The van der Waals surface area contributed by atoms with Crippen LogP contribution in [0.25, 0.3) is 0 Å². The molecule has 0 radical (unpaired) electrons. The lowest BCUT2D eigenvalue weighted by Crippen LogP contribution is -2.65. The zero-order valence-electron chi connectivity index (χ0n) is 24.0. The molecule has 0 amide bonds. The summed E-state index contributed by atoms with van der Waals surface area (Å²) < 4.78 is 84.3. The standard InChI is InChI=1S/C32H41F5O4/c1-27(2)17-40-29(41-18-27)12-10-22-21(14-29)8-9-23-25-11-13-30(39,31(33,34)32(35,36)37)28(25,3)15-24(26(22)23)20-6-4-19(16-38)5-7-20/h4-7,21,23-25,38-39H,8-18H2,1-3H3/t21?,23?,24-,25?,28+,30+/m1/s1. The fraction of sp³-hybridized carbons (Fsp3) is 0.750. The van der Waals surface area contributed by atoms with Gasteiger partial charge in [-0.05, 0) is 67.4 Å². The topological polar surface area (TPSA) is 58.9 Å². The van der Waals surface area contributed by atoms with E-state index in [0.29, 0.717) is 38.0 Å². The monoisotopic (exact) mass is 584 g/mol. The van der Waals surface area contributed by atoms with E-state index in [-0.39, 0.29) is 36.7 Å². The Morgan fingerprint density at radius 2 is 1.56 bits per heavy atom. The van der Waals surface area contributed by atoms with Crippen LogP contribution in [-0.4, -0.2) is 46.9 Å². The number of rotatable bonds is 3. The second kappa shape index (κ2) is 9.47. The van der Waals surface area contributed by atoms with Gasteiger partial charge in [0.1, 0.15) is 5.60 Å². The van der Waals surface area contributed by atoms with Gasteiger partial charge < -0.3 is 19.7 Å². The fourth-order valence-corrected chi connectivity index (χ4v) is 9.14. The van der Waals surface area contributed by atoms with Gasteiger partial charge in [-0.25, -0.2) is 0 Å². The molecule has 2 N–H and O–H groups in total. The Labute approximate surface area is 238 Å². The van der Waals surface area contributed by atoms with Gasteiger partial charge in [0.2, 0.25) is 0 Å². The summed E-state index contributed by atoms with van der Waals surface area (Å²) in [5, 5.41) is 21.0. The molecule has 1 aromatic rings. The third kappa shape index (κ3) is 4.34. The number of alkyl halides is 5. The van der Waals surface area contributed by atoms with Crippen molar-refractivity contribution >= 4 is 0 Å². The van der Waals surface area contributed by atoms with E-state index in [2.05, 4.69) is 13.8 Å². The average Bonchev–Trinajstić information content (AvgIpc) is 3.21. The molecule has 1 aromatic carbocycles. The number of ether oxygens (including phenoxy) is 2. The van der Waals surface area contributed by atoms with Gasteiger partial charge in [0.05, 0.1) is 19.8 Å². The van der Waals surface area contributed by atoms with Crippen molar-refractivity contribution in [3.8, 4) is 0 Å². The van der Waals surface area contributed by atoms with Crippen LogP contribution in [0.1, 0.15) is 89.2 Å². The number of benzene rings is 1. The maximum absolute atomic E-state index is 15.2. The minimum atomic E-state index is -5.85. The highest BCUT2D eigenvalue weighted by Gasteiger charge is 2.79. The SMILES string of the molecule is CC1(C)COC2(CCC3=C4C(CCC3C2)C2CC[C@@](O)(C(F)(F)C(F)(F)F)[C@@]2(C)C[C@@H]4c2ccc(CO)cc2)OC1. The van der Waals surface area contributed by atoms with Crippen molar-refractivity contribution in [3.63, 3.8) is 0 Å². The number of aliphatic hydroxyl groups is 2. The summed E-state index contributed by atoms with van der Waals surface area (Å²) in [5.41, 5.74) is -0.909. The van der Waals surface area contributed by atoms with Crippen LogP contribution in [0.3, 0.4) is 0 Å². The van der Waals surface area contributed by atoms with Crippen LogP contribution in [0.2, 0.25) is 0 Å². The third-order valence-corrected chi connectivity index (χ3v) is 11.4. The first-order valence-electron chi connectivity index (χ1n) is 14.9. The van der Waals surface area contributed by atoms with Gasteiger partial charge >= 0.3 is 12.1 Å². The maximum atomic E-state index is 15.2. The Kier molecular flexibility index (Phi) is 6.82. The highest BCUT2D eigenvalue weighted by atomic mass is 19.4. The normalized spacial score (nSPS) is 38.4. The predicted molar refractivity (Wildman–Crippen MR) is 142 cm³/mol.